The molecular weight excluding hydrogens is 194 g/mol. The molecule has 1 aliphatic rings. The Morgan fingerprint density at radius 3 is 2.40 bits per heavy atom. The molecular formula is C11H15NO3. The molecule has 1 aliphatic carbocycles. The van der Waals surface area contributed by atoms with E-state index in [1.165, 1.54) is 0 Å². The van der Waals surface area contributed by atoms with Gasteiger partial charge in [0.1, 0.15) is 5.76 Å². The number of rotatable bonds is 2. The molecule has 2 rings (SSSR count). The molecule has 1 aromatic heterocycles. The second kappa shape index (κ2) is 2.84. The fraction of sp³-hybridized carbons (Fsp3) is 0.636. The Kier molecular flexibility index (Phi) is 1.93. The SMILES string of the molecule is Cc1noc(C)c1C1C(C(=O)O)C1(C)C. The average molecular weight is 209 g/mol. The van der Waals surface area contributed by atoms with Crippen LogP contribution in [0.25, 0.3) is 0 Å². The molecule has 2 unspecified atom stereocenters. The normalized spacial score (nSPS) is 27.7. The number of carboxylic acids is 1. The standard InChI is InChI=1S/C11H15NO3/c1-5-7(6(2)15-12-5)8-9(10(13)14)11(8,3)4/h8-9H,1-4H3,(H,13,14). The van der Waals surface area contributed by atoms with Gasteiger partial charge in [-0.3, -0.25) is 4.79 Å². The molecule has 1 heterocycles. The van der Waals surface area contributed by atoms with Gasteiger partial charge in [-0.2, -0.15) is 0 Å². The molecule has 2 atom stereocenters. The first-order chi connectivity index (χ1) is 6.87. The van der Waals surface area contributed by atoms with Gasteiger partial charge in [0.05, 0.1) is 11.6 Å². The lowest BCUT2D eigenvalue weighted by Crippen LogP contribution is -2.03. The summed E-state index contributed by atoms with van der Waals surface area (Å²) in [7, 11) is 0. The summed E-state index contributed by atoms with van der Waals surface area (Å²) in [6.45, 7) is 7.65. The second-order valence-corrected chi connectivity index (χ2v) is 4.85. The summed E-state index contributed by atoms with van der Waals surface area (Å²) in [5.74, 6) is -0.255. The highest BCUT2D eigenvalue weighted by molar-refractivity contribution is 5.77. The molecule has 0 amide bonds. The second-order valence-electron chi connectivity index (χ2n) is 4.85. The summed E-state index contributed by atoms with van der Waals surface area (Å²) in [5, 5.41) is 13.0. The lowest BCUT2D eigenvalue weighted by Gasteiger charge is -2.00. The van der Waals surface area contributed by atoms with Gasteiger partial charge in [0.2, 0.25) is 0 Å². The van der Waals surface area contributed by atoms with Crippen LogP contribution in [0.5, 0.6) is 0 Å². The van der Waals surface area contributed by atoms with Crippen LogP contribution in [0.3, 0.4) is 0 Å². The Morgan fingerprint density at radius 1 is 1.47 bits per heavy atom. The van der Waals surface area contributed by atoms with Gasteiger partial charge < -0.3 is 9.63 Å². The van der Waals surface area contributed by atoms with Crippen molar-refractivity contribution in [3.05, 3.63) is 17.0 Å². The maximum atomic E-state index is 11.1. The summed E-state index contributed by atoms with van der Waals surface area (Å²) >= 11 is 0. The summed E-state index contributed by atoms with van der Waals surface area (Å²) in [4.78, 5) is 11.1. The molecule has 1 saturated carbocycles. The summed E-state index contributed by atoms with van der Waals surface area (Å²) in [6, 6.07) is 0. The van der Waals surface area contributed by atoms with Crippen molar-refractivity contribution in [2.24, 2.45) is 11.3 Å². The van der Waals surface area contributed by atoms with Crippen molar-refractivity contribution in [2.75, 3.05) is 0 Å². The van der Waals surface area contributed by atoms with Crippen LogP contribution in [-0.2, 0) is 4.79 Å². The van der Waals surface area contributed by atoms with Gasteiger partial charge in [0.15, 0.2) is 0 Å². The third-order valence-corrected chi connectivity index (χ3v) is 3.49. The van der Waals surface area contributed by atoms with Crippen LogP contribution in [0.1, 0.15) is 36.8 Å². The van der Waals surface area contributed by atoms with Crippen molar-refractivity contribution in [1.82, 2.24) is 5.16 Å². The molecule has 1 aromatic rings. The van der Waals surface area contributed by atoms with Crippen molar-refractivity contribution < 1.29 is 14.4 Å². The predicted octanol–water partition coefficient (Wildman–Crippen LogP) is 2.12. The Labute approximate surface area is 88.3 Å². The number of aliphatic carboxylic acids is 1. The molecule has 0 radical (unpaired) electrons. The molecule has 1 fully saturated rings. The number of aryl methyl sites for hydroxylation is 2. The van der Waals surface area contributed by atoms with Crippen LogP contribution < -0.4 is 0 Å². The zero-order valence-electron chi connectivity index (χ0n) is 9.37. The smallest absolute Gasteiger partial charge is 0.307 e. The zero-order chi connectivity index (χ0) is 11.4. The lowest BCUT2D eigenvalue weighted by molar-refractivity contribution is -0.139. The van der Waals surface area contributed by atoms with Crippen LogP contribution in [0.4, 0.5) is 0 Å². The van der Waals surface area contributed by atoms with Crippen LogP contribution >= 0.6 is 0 Å². The monoisotopic (exact) mass is 209 g/mol. The number of hydrogen-bond donors (Lipinski definition) is 1. The number of hydrogen-bond acceptors (Lipinski definition) is 3. The molecule has 0 spiro atoms. The molecule has 0 aromatic carbocycles. The topological polar surface area (TPSA) is 63.3 Å². The van der Waals surface area contributed by atoms with E-state index in [-0.39, 0.29) is 17.3 Å². The van der Waals surface area contributed by atoms with E-state index >= 15 is 0 Å². The number of nitrogens with zero attached hydrogens (tertiary/aromatic N) is 1. The minimum atomic E-state index is -0.731. The first-order valence-electron chi connectivity index (χ1n) is 5.03. The van der Waals surface area contributed by atoms with Gasteiger partial charge in [-0.05, 0) is 19.3 Å². The van der Waals surface area contributed by atoms with Gasteiger partial charge >= 0.3 is 5.97 Å². The molecule has 4 nitrogen and oxygen atoms in total. The van der Waals surface area contributed by atoms with Crippen molar-refractivity contribution in [1.29, 1.82) is 0 Å². The van der Waals surface area contributed by atoms with Gasteiger partial charge in [-0.1, -0.05) is 19.0 Å². The summed E-state index contributed by atoms with van der Waals surface area (Å²) in [6.07, 6.45) is 0. The predicted molar refractivity (Wildman–Crippen MR) is 53.6 cm³/mol. The highest BCUT2D eigenvalue weighted by Gasteiger charge is 2.64. The summed E-state index contributed by atoms with van der Waals surface area (Å²) in [5.41, 5.74) is 1.61. The van der Waals surface area contributed by atoms with Gasteiger partial charge in [0, 0.05) is 11.5 Å². The Morgan fingerprint density at radius 2 is 2.07 bits per heavy atom. The van der Waals surface area contributed by atoms with E-state index in [4.69, 9.17) is 9.63 Å². The van der Waals surface area contributed by atoms with Crippen LogP contribution in [0.2, 0.25) is 0 Å². The van der Waals surface area contributed by atoms with Crippen molar-refractivity contribution in [2.45, 2.75) is 33.6 Å². The molecule has 4 heteroatoms. The summed E-state index contributed by atoms with van der Waals surface area (Å²) < 4.78 is 5.08. The molecule has 1 N–H and O–H groups in total. The molecule has 0 bridgehead atoms. The fourth-order valence-electron chi connectivity index (χ4n) is 2.57. The highest BCUT2D eigenvalue weighted by Crippen LogP contribution is 2.65. The Hall–Kier alpha value is -1.32. The van der Waals surface area contributed by atoms with Crippen molar-refractivity contribution >= 4 is 5.97 Å². The van der Waals surface area contributed by atoms with E-state index in [1.807, 2.05) is 27.7 Å². The number of aromatic nitrogens is 1. The fourth-order valence-corrected chi connectivity index (χ4v) is 2.57. The Bertz CT molecular complexity index is 400. The van der Waals surface area contributed by atoms with Crippen LogP contribution in [0, 0.1) is 25.2 Å². The van der Waals surface area contributed by atoms with E-state index in [0.717, 1.165) is 17.0 Å². The van der Waals surface area contributed by atoms with E-state index in [2.05, 4.69) is 5.16 Å². The Balaban J connectivity index is 2.39. The van der Waals surface area contributed by atoms with E-state index < -0.39 is 5.97 Å². The highest BCUT2D eigenvalue weighted by atomic mass is 16.5. The third-order valence-electron chi connectivity index (χ3n) is 3.49. The minimum absolute atomic E-state index is 0.0428. The molecule has 0 saturated heterocycles. The van der Waals surface area contributed by atoms with Crippen LogP contribution in [0.15, 0.2) is 4.52 Å². The van der Waals surface area contributed by atoms with E-state index in [9.17, 15) is 4.79 Å². The third kappa shape index (κ3) is 1.28. The van der Waals surface area contributed by atoms with Crippen molar-refractivity contribution in [3.8, 4) is 0 Å². The zero-order valence-corrected chi connectivity index (χ0v) is 9.37. The molecule has 0 aliphatic heterocycles. The van der Waals surface area contributed by atoms with Crippen molar-refractivity contribution in [3.63, 3.8) is 0 Å². The van der Waals surface area contributed by atoms with Gasteiger partial charge in [-0.25, -0.2) is 0 Å². The van der Waals surface area contributed by atoms with Gasteiger partial charge in [0.25, 0.3) is 0 Å². The number of carbonyl (C=O) groups is 1. The minimum Gasteiger partial charge on any atom is -0.481 e. The molecule has 15 heavy (non-hydrogen) atoms. The quantitative estimate of drug-likeness (QED) is 0.810. The van der Waals surface area contributed by atoms with Gasteiger partial charge in [-0.15, -0.1) is 0 Å². The van der Waals surface area contributed by atoms with E-state index in [0.29, 0.717) is 0 Å². The maximum absolute atomic E-state index is 11.1. The van der Waals surface area contributed by atoms with Crippen LogP contribution in [-0.4, -0.2) is 16.2 Å². The number of carboxylic acid groups (broad SMARTS) is 1. The van der Waals surface area contributed by atoms with E-state index in [1.54, 1.807) is 0 Å². The maximum Gasteiger partial charge on any atom is 0.307 e. The first kappa shape index (κ1) is 10.2. The lowest BCUT2D eigenvalue weighted by atomic mass is 10.0. The molecule has 82 valence electrons. The largest absolute Gasteiger partial charge is 0.481 e. The average Bonchev–Trinajstić information content (AvgIpc) is 2.50. The first-order valence-corrected chi connectivity index (χ1v) is 5.03.